The summed E-state index contributed by atoms with van der Waals surface area (Å²) in [4.78, 5) is 17.9. The number of likely N-dealkylation sites (tertiary alicyclic amines) is 1. The molecule has 0 aromatic carbocycles. The second-order valence-electron chi connectivity index (χ2n) is 7.08. The van der Waals surface area contributed by atoms with Gasteiger partial charge in [0.05, 0.1) is 5.56 Å². The fourth-order valence-electron chi connectivity index (χ4n) is 3.82. The van der Waals surface area contributed by atoms with Gasteiger partial charge in [-0.05, 0) is 37.8 Å². The van der Waals surface area contributed by atoms with E-state index < -0.39 is 11.7 Å². The lowest BCUT2D eigenvalue weighted by molar-refractivity contribution is -0.137. The first kappa shape index (κ1) is 17.9. The molecule has 1 saturated heterocycles. The Morgan fingerprint density at radius 2 is 1.85 bits per heavy atom. The lowest BCUT2D eigenvalue weighted by Crippen LogP contribution is -2.39. The van der Waals surface area contributed by atoms with Gasteiger partial charge in [0.25, 0.3) is 5.91 Å². The van der Waals surface area contributed by atoms with Gasteiger partial charge in [-0.1, -0.05) is 0 Å². The van der Waals surface area contributed by atoms with Crippen LogP contribution >= 0.6 is 0 Å². The molecule has 6 nitrogen and oxygen atoms in total. The Kier molecular flexibility index (Phi) is 4.61. The molecular weight excluding hydrogens is 359 g/mol. The maximum absolute atomic E-state index is 12.6. The average molecular weight is 379 g/mol. The van der Waals surface area contributed by atoms with Gasteiger partial charge in [-0.3, -0.25) is 9.78 Å². The van der Waals surface area contributed by atoms with Gasteiger partial charge in [0.15, 0.2) is 0 Å². The van der Waals surface area contributed by atoms with E-state index in [-0.39, 0.29) is 17.5 Å². The highest BCUT2D eigenvalue weighted by molar-refractivity contribution is 5.92. The van der Waals surface area contributed by atoms with Crippen LogP contribution < -0.4 is 0 Å². The quantitative estimate of drug-likeness (QED) is 0.805. The minimum Gasteiger partial charge on any atom is -0.337 e. The minimum absolute atomic E-state index is 0.0429. The van der Waals surface area contributed by atoms with Crippen LogP contribution in [0.5, 0.6) is 0 Å². The molecule has 27 heavy (non-hydrogen) atoms. The van der Waals surface area contributed by atoms with Crippen LogP contribution in [-0.2, 0) is 19.1 Å². The molecule has 0 aliphatic carbocycles. The Morgan fingerprint density at radius 3 is 2.52 bits per heavy atom. The summed E-state index contributed by atoms with van der Waals surface area (Å²) in [5, 5.41) is 8.67. The van der Waals surface area contributed by atoms with Crippen LogP contribution in [0.4, 0.5) is 13.2 Å². The van der Waals surface area contributed by atoms with Crippen molar-refractivity contribution in [1.29, 1.82) is 0 Å². The van der Waals surface area contributed by atoms with Crippen molar-refractivity contribution in [2.45, 2.75) is 50.7 Å². The van der Waals surface area contributed by atoms with E-state index in [1.54, 1.807) is 4.90 Å². The summed E-state index contributed by atoms with van der Waals surface area (Å²) in [5.41, 5.74) is -0.810. The summed E-state index contributed by atoms with van der Waals surface area (Å²) in [7, 11) is 0. The van der Waals surface area contributed by atoms with E-state index in [1.165, 1.54) is 0 Å². The number of fused-ring (bicyclic) bond motifs is 1. The predicted molar refractivity (Wildman–Crippen MR) is 90.1 cm³/mol. The zero-order valence-electron chi connectivity index (χ0n) is 14.7. The van der Waals surface area contributed by atoms with Crippen LogP contribution in [0.2, 0.25) is 0 Å². The summed E-state index contributed by atoms with van der Waals surface area (Å²) in [6.07, 6.45) is 1.03. The number of aromatic nitrogens is 4. The molecule has 4 heterocycles. The number of hydrogen-bond donors (Lipinski definition) is 0. The van der Waals surface area contributed by atoms with Crippen molar-refractivity contribution >= 4 is 5.91 Å². The molecular formula is C18H20F3N5O. The van der Waals surface area contributed by atoms with Gasteiger partial charge in [-0.15, -0.1) is 10.2 Å². The lowest BCUT2D eigenvalue weighted by Gasteiger charge is -2.32. The number of carbonyl (C=O) groups excluding carboxylic acids is 1. The van der Waals surface area contributed by atoms with Crippen LogP contribution in [-0.4, -0.2) is 43.6 Å². The molecule has 2 aromatic heterocycles. The monoisotopic (exact) mass is 379 g/mol. The van der Waals surface area contributed by atoms with Gasteiger partial charge >= 0.3 is 6.18 Å². The third-order valence-electron chi connectivity index (χ3n) is 5.35. The van der Waals surface area contributed by atoms with Crippen molar-refractivity contribution < 1.29 is 18.0 Å². The van der Waals surface area contributed by atoms with Gasteiger partial charge in [0.1, 0.15) is 17.3 Å². The van der Waals surface area contributed by atoms with Crippen molar-refractivity contribution in [2.24, 2.45) is 0 Å². The third kappa shape index (κ3) is 3.54. The zero-order valence-corrected chi connectivity index (χ0v) is 14.7. The smallest absolute Gasteiger partial charge is 0.337 e. The maximum atomic E-state index is 12.6. The average Bonchev–Trinajstić information content (AvgIpc) is 3.11. The van der Waals surface area contributed by atoms with E-state index in [1.807, 2.05) is 0 Å². The van der Waals surface area contributed by atoms with Crippen LogP contribution in [0, 0.1) is 0 Å². The molecule has 1 amide bonds. The Morgan fingerprint density at radius 1 is 1.07 bits per heavy atom. The molecule has 0 bridgehead atoms. The second kappa shape index (κ2) is 6.94. The Bertz CT molecular complexity index is 823. The van der Waals surface area contributed by atoms with Gasteiger partial charge in [-0.25, -0.2) is 0 Å². The van der Waals surface area contributed by atoms with Gasteiger partial charge in [-0.2, -0.15) is 13.2 Å². The molecule has 0 radical (unpaired) electrons. The molecule has 2 aliphatic rings. The maximum Gasteiger partial charge on any atom is 0.417 e. The topological polar surface area (TPSA) is 63.9 Å². The van der Waals surface area contributed by atoms with Crippen molar-refractivity contribution in [3.63, 3.8) is 0 Å². The van der Waals surface area contributed by atoms with E-state index >= 15 is 0 Å². The van der Waals surface area contributed by atoms with E-state index in [2.05, 4.69) is 19.7 Å². The van der Waals surface area contributed by atoms with E-state index in [9.17, 15) is 18.0 Å². The number of halogens is 3. The Labute approximate surface area is 154 Å². The minimum atomic E-state index is -4.45. The van der Waals surface area contributed by atoms with Gasteiger partial charge in [0, 0.05) is 38.2 Å². The van der Waals surface area contributed by atoms with E-state index in [0.29, 0.717) is 19.3 Å². The number of pyridine rings is 1. The summed E-state index contributed by atoms with van der Waals surface area (Å²) >= 11 is 0. The largest absolute Gasteiger partial charge is 0.417 e. The molecule has 2 aromatic rings. The summed E-state index contributed by atoms with van der Waals surface area (Å²) in [5.74, 6) is 1.98. The van der Waals surface area contributed by atoms with Gasteiger partial charge in [0.2, 0.25) is 0 Å². The Hall–Kier alpha value is -2.45. The van der Waals surface area contributed by atoms with Crippen molar-refractivity contribution in [3.8, 4) is 0 Å². The standard InChI is InChI=1S/C18H20F3N5O/c19-18(20,21)13-4-5-14(22-11-13)17(27)25-9-6-12(7-10-25)16-24-23-15-3-1-2-8-26(15)16/h4-5,11-12H,1-3,6-10H2. The highest BCUT2D eigenvalue weighted by Gasteiger charge is 2.32. The van der Waals surface area contributed by atoms with Gasteiger partial charge < -0.3 is 9.47 Å². The first-order chi connectivity index (χ1) is 12.9. The number of hydrogen-bond acceptors (Lipinski definition) is 4. The first-order valence-corrected chi connectivity index (χ1v) is 9.18. The second-order valence-corrected chi connectivity index (χ2v) is 7.08. The molecule has 2 aliphatic heterocycles. The molecule has 0 unspecified atom stereocenters. The molecule has 0 N–H and O–H groups in total. The summed E-state index contributed by atoms with van der Waals surface area (Å²) in [6, 6.07) is 2.04. The fourth-order valence-corrected chi connectivity index (χ4v) is 3.82. The predicted octanol–water partition coefficient (Wildman–Crippen LogP) is 3.05. The highest BCUT2D eigenvalue weighted by atomic mass is 19.4. The van der Waals surface area contributed by atoms with Crippen molar-refractivity contribution in [2.75, 3.05) is 13.1 Å². The number of alkyl halides is 3. The van der Waals surface area contributed by atoms with Crippen LogP contribution in [0.15, 0.2) is 18.3 Å². The number of carbonyl (C=O) groups is 1. The molecule has 144 valence electrons. The van der Waals surface area contributed by atoms with Crippen LogP contribution in [0.25, 0.3) is 0 Å². The molecule has 4 rings (SSSR count). The molecule has 0 spiro atoms. The van der Waals surface area contributed by atoms with Crippen LogP contribution in [0.1, 0.15) is 59.3 Å². The number of piperidine rings is 1. The summed E-state index contributed by atoms with van der Waals surface area (Å²) in [6.45, 7) is 2.02. The van der Waals surface area contributed by atoms with Crippen molar-refractivity contribution in [1.82, 2.24) is 24.6 Å². The third-order valence-corrected chi connectivity index (χ3v) is 5.35. The van der Waals surface area contributed by atoms with Crippen molar-refractivity contribution in [3.05, 3.63) is 41.2 Å². The molecule has 9 heteroatoms. The number of rotatable bonds is 2. The lowest BCUT2D eigenvalue weighted by atomic mass is 9.95. The first-order valence-electron chi connectivity index (χ1n) is 9.18. The summed E-state index contributed by atoms with van der Waals surface area (Å²) < 4.78 is 40.1. The number of nitrogens with zero attached hydrogens (tertiary/aromatic N) is 5. The molecule has 0 atom stereocenters. The number of amides is 1. The van der Waals surface area contributed by atoms with Crippen LogP contribution in [0.3, 0.4) is 0 Å². The molecule has 0 saturated carbocycles. The zero-order chi connectivity index (χ0) is 19.0. The van der Waals surface area contributed by atoms with E-state index in [0.717, 1.165) is 62.4 Å². The molecule has 1 fully saturated rings. The Balaban J connectivity index is 1.40. The highest BCUT2D eigenvalue weighted by Crippen LogP contribution is 2.30. The van der Waals surface area contributed by atoms with E-state index in [4.69, 9.17) is 0 Å². The fraction of sp³-hybridized carbons (Fsp3) is 0.556. The number of aryl methyl sites for hydroxylation is 1. The SMILES string of the molecule is O=C(c1ccc(C(F)(F)F)cn1)N1CCC(c2nnc3n2CCCC3)CC1. The normalized spacial score (nSPS) is 18.4.